The smallest absolute Gasteiger partial charge is 0.349 e. The van der Waals surface area contributed by atoms with Crippen molar-refractivity contribution >= 4 is 56.1 Å². The van der Waals surface area contributed by atoms with Gasteiger partial charge in [-0.3, -0.25) is 9.59 Å². The van der Waals surface area contributed by atoms with Gasteiger partial charge in [0.1, 0.15) is 22.5 Å². The average Bonchev–Trinajstić information content (AvgIpc) is 2.92. The number of unbranched alkanes of at least 4 members (excludes halogenated alkanes) is 1. The molecule has 0 unspecified atom stereocenters. The molecule has 39 heavy (non-hydrogen) atoms. The SMILES string of the molecule is CCN(CC)c1ccc2cc(C(=O)NCCSSCCCCC(=O)Oc3ccccc3C(=O)O)c(=O)oc2c1. The van der Waals surface area contributed by atoms with Crippen molar-refractivity contribution in [2.24, 2.45) is 0 Å². The van der Waals surface area contributed by atoms with Gasteiger partial charge in [-0.05, 0) is 57.0 Å². The van der Waals surface area contributed by atoms with E-state index in [1.165, 1.54) is 12.1 Å². The highest BCUT2D eigenvalue weighted by atomic mass is 33.1. The maximum Gasteiger partial charge on any atom is 0.349 e. The van der Waals surface area contributed by atoms with Crippen LogP contribution >= 0.6 is 21.6 Å². The molecule has 208 valence electrons. The van der Waals surface area contributed by atoms with Crippen LogP contribution in [0.1, 0.15) is 53.8 Å². The van der Waals surface area contributed by atoms with Crippen LogP contribution in [-0.4, -0.2) is 54.1 Å². The second-order valence-corrected chi connectivity index (χ2v) is 11.2. The van der Waals surface area contributed by atoms with Crippen molar-refractivity contribution in [1.82, 2.24) is 5.32 Å². The lowest BCUT2D eigenvalue weighted by atomic mass is 10.1. The maximum absolute atomic E-state index is 12.5. The van der Waals surface area contributed by atoms with E-state index in [0.717, 1.165) is 31.0 Å². The first-order valence-electron chi connectivity index (χ1n) is 12.7. The van der Waals surface area contributed by atoms with Crippen LogP contribution in [0.2, 0.25) is 0 Å². The van der Waals surface area contributed by atoms with Gasteiger partial charge in [0.25, 0.3) is 5.91 Å². The predicted octanol–water partition coefficient (Wildman–Crippen LogP) is 5.22. The molecule has 9 nitrogen and oxygen atoms in total. The molecule has 0 aliphatic carbocycles. The highest BCUT2D eigenvalue weighted by Crippen LogP contribution is 2.24. The van der Waals surface area contributed by atoms with Gasteiger partial charge in [0.05, 0.1) is 0 Å². The zero-order chi connectivity index (χ0) is 28.2. The number of hydrogen-bond donors (Lipinski definition) is 2. The minimum absolute atomic E-state index is 0.0198. The fraction of sp³-hybridized carbons (Fsp3) is 0.357. The van der Waals surface area contributed by atoms with Crippen LogP contribution in [0.15, 0.2) is 57.7 Å². The fourth-order valence-corrected chi connectivity index (χ4v) is 5.85. The Morgan fingerprint density at radius 2 is 1.72 bits per heavy atom. The third-order valence-corrected chi connectivity index (χ3v) is 8.34. The quantitative estimate of drug-likeness (QED) is 0.0822. The van der Waals surface area contributed by atoms with Gasteiger partial charge in [-0.2, -0.15) is 0 Å². The molecule has 0 aliphatic heterocycles. The van der Waals surface area contributed by atoms with Crippen LogP contribution in [-0.2, 0) is 4.79 Å². The van der Waals surface area contributed by atoms with Gasteiger partial charge in [-0.25, -0.2) is 9.59 Å². The number of amides is 1. The first-order chi connectivity index (χ1) is 18.8. The van der Waals surface area contributed by atoms with E-state index in [4.69, 9.17) is 14.3 Å². The summed E-state index contributed by atoms with van der Waals surface area (Å²) in [6, 6.07) is 13.2. The maximum atomic E-state index is 12.5. The summed E-state index contributed by atoms with van der Waals surface area (Å²) < 4.78 is 10.6. The van der Waals surface area contributed by atoms with E-state index < -0.39 is 23.5 Å². The lowest BCUT2D eigenvalue weighted by molar-refractivity contribution is -0.134. The molecule has 1 heterocycles. The van der Waals surface area contributed by atoms with E-state index in [0.29, 0.717) is 29.7 Å². The van der Waals surface area contributed by atoms with Gasteiger partial charge in [0, 0.05) is 54.7 Å². The van der Waals surface area contributed by atoms with Gasteiger partial charge in [-0.1, -0.05) is 33.7 Å². The summed E-state index contributed by atoms with van der Waals surface area (Å²) in [5.74, 6) is -0.572. The molecule has 0 fully saturated rings. The molecule has 2 N–H and O–H groups in total. The third-order valence-electron chi connectivity index (χ3n) is 5.85. The van der Waals surface area contributed by atoms with Crippen LogP contribution in [0, 0.1) is 0 Å². The van der Waals surface area contributed by atoms with Crippen molar-refractivity contribution < 1.29 is 28.6 Å². The van der Waals surface area contributed by atoms with E-state index in [1.807, 2.05) is 18.2 Å². The van der Waals surface area contributed by atoms with Gasteiger partial charge >= 0.3 is 17.6 Å². The lowest BCUT2D eigenvalue weighted by Crippen LogP contribution is -2.29. The molecule has 1 amide bonds. The number of nitrogens with one attached hydrogen (secondary N) is 1. The number of ether oxygens (including phenoxy) is 1. The Balaban J connectivity index is 1.33. The number of hydrogen-bond acceptors (Lipinski definition) is 9. The fourth-order valence-electron chi connectivity index (χ4n) is 3.80. The van der Waals surface area contributed by atoms with Crippen molar-refractivity contribution in [2.45, 2.75) is 33.1 Å². The summed E-state index contributed by atoms with van der Waals surface area (Å²) in [7, 11) is 3.21. The van der Waals surface area contributed by atoms with E-state index in [1.54, 1.807) is 39.8 Å². The number of aromatic carboxylic acids is 1. The van der Waals surface area contributed by atoms with E-state index >= 15 is 0 Å². The first kappa shape index (κ1) is 30.1. The number of fused-ring (bicyclic) bond motifs is 1. The van der Waals surface area contributed by atoms with Crippen molar-refractivity contribution in [3.05, 3.63) is 70.1 Å². The van der Waals surface area contributed by atoms with Gasteiger partial charge < -0.3 is 24.5 Å². The van der Waals surface area contributed by atoms with Crippen LogP contribution in [0.4, 0.5) is 5.69 Å². The minimum atomic E-state index is -1.15. The highest BCUT2D eigenvalue weighted by molar-refractivity contribution is 8.76. The molecule has 3 rings (SSSR count). The Morgan fingerprint density at radius 3 is 2.46 bits per heavy atom. The number of nitrogens with zero attached hydrogens (tertiary/aromatic N) is 1. The standard InChI is InChI=1S/C28H32N2O7S2/c1-3-30(4-2)20-13-12-19-17-22(28(35)37-24(19)18-20)26(32)29-14-16-39-38-15-8-7-11-25(31)36-23-10-6-5-9-21(23)27(33)34/h5-6,9-10,12-13,17-18H,3-4,7-8,11,14-16H2,1-2H3,(H,29,32)(H,33,34). The van der Waals surface area contributed by atoms with Crippen LogP contribution < -0.4 is 20.6 Å². The summed E-state index contributed by atoms with van der Waals surface area (Å²) in [5.41, 5.74) is 0.684. The number of para-hydroxylation sites is 1. The van der Waals surface area contributed by atoms with Gasteiger partial charge in [-0.15, -0.1) is 0 Å². The second kappa shape index (κ2) is 15.2. The van der Waals surface area contributed by atoms with Crippen molar-refractivity contribution in [2.75, 3.05) is 36.0 Å². The third kappa shape index (κ3) is 8.79. The number of benzene rings is 2. The minimum Gasteiger partial charge on any atom is -0.478 e. The molecule has 1 aromatic heterocycles. The number of esters is 1. The normalized spacial score (nSPS) is 10.8. The van der Waals surface area contributed by atoms with E-state index in [9.17, 15) is 19.2 Å². The zero-order valence-electron chi connectivity index (χ0n) is 21.9. The number of carboxylic acid groups (broad SMARTS) is 1. The van der Waals surface area contributed by atoms with Crippen LogP contribution in [0.5, 0.6) is 5.75 Å². The Morgan fingerprint density at radius 1 is 0.974 bits per heavy atom. The summed E-state index contributed by atoms with van der Waals surface area (Å²) >= 11 is 0. The highest BCUT2D eigenvalue weighted by Gasteiger charge is 2.15. The molecule has 11 heteroatoms. The van der Waals surface area contributed by atoms with Crippen molar-refractivity contribution in [3.63, 3.8) is 0 Å². The second-order valence-electron chi connectivity index (χ2n) is 8.47. The van der Waals surface area contributed by atoms with Crippen molar-refractivity contribution in [1.29, 1.82) is 0 Å². The molecule has 0 saturated carbocycles. The predicted molar refractivity (Wildman–Crippen MR) is 156 cm³/mol. The van der Waals surface area contributed by atoms with Crippen LogP contribution in [0.3, 0.4) is 0 Å². The van der Waals surface area contributed by atoms with Crippen molar-refractivity contribution in [3.8, 4) is 5.75 Å². The van der Waals surface area contributed by atoms with Crippen LogP contribution in [0.25, 0.3) is 11.0 Å². The number of anilines is 1. The summed E-state index contributed by atoms with van der Waals surface area (Å²) in [6.45, 7) is 6.18. The van der Waals surface area contributed by atoms with E-state index in [2.05, 4.69) is 24.1 Å². The molecule has 0 radical (unpaired) electrons. The zero-order valence-corrected chi connectivity index (χ0v) is 23.6. The Kier molecular flexibility index (Phi) is 11.8. The topological polar surface area (TPSA) is 126 Å². The molecule has 3 aromatic rings. The number of carbonyl (C=O) groups is 3. The Labute approximate surface area is 234 Å². The molecule has 0 aliphatic rings. The molecule has 0 atom stereocenters. The number of carboxylic acids is 1. The van der Waals surface area contributed by atoms with Gasteiger partial charge in [0.15, 0.2) is 0 Å². The number of rotatable bonds is 15. The molecule has 0 saturated heterocycles. The lowest BCUT2D eigenvalue weighted by Gasteiger charge is -2.21. The summed E-state index contributed by atoms with van der Waals surface area (Å²) in [6.07, 6.45) is 1.60. The average molecular weight is 573 g/mol. The first-order valence-corrected chi connectivity index (χ1v) is 15.2. The number of carbonyl (C=O) groups excluding carboxylic acids is 2. The Bertz CT molecular complexity index is 1360. The molecular weight excluding hydrogens is 540 g/mol. The monoisotopic (exact) mass is 572 g/mol. The molecule has 2 aromatic carbocycles. The Hall–Kier alpha value is -3.44. The molecular formula is C28H32N2O7S2. The van der Waals surface area contributed by atoms with E-state index in [-0.39, 0.29) is 23.3 Å². The van der Waals surface area contributed by atoms with Gasteiger partial charge in [0.2, 0.25) is 0 Å². The summed E-state index contributed by atoms with van der Waals surface area (Å²) in [4.78, 5) is 50.3. The molecule has 0 spiro atoms. The largest absolute Gasteiger partial charge is 0.478 e. The summed E-state index contributed by atoms with van der Waals surface area (Å²) in [5, 5.41) is 12.6. The molecule has 0 bridgehead atoms.